The number of rotatable bonds is 6. The Hall–Kier alpha value is -2.42. The Morgan fingerprint density at radius 2 is 1.88 bits per heavy atom. The van der Waals surface area contributed by atoms with Gasteiger partial charge >= 0.3 is 6.18 Å². The topological polar surface area (TPSA) is 50.8 Å². The third kappa shape index (κ3) is 5.49. The molecule has 0 aromatic heterocycles. The number of anilines is 1. The van der Waals surface area contributed by atoms with E-state index < -0.39 is 11.7 Å². The van der Waals surface area contributed by atoms with Crippen molar-refractivity contribution >= 4 is 11.6 Å². The lowest BCUT2D eigenvalue weighted by Crippen LogP contribution is -2.57. The van der Waals surface area contributed by atoms with Crippen molar-refractivity contribution < 1.29 is 27.4 Å². The zero-order valence-corrected chi connectivity index (χ0v) is 17.7. The van der Waals surface area contributed by atoms with Crippen molar-refractivity contribution in [1.82, 2.24) is 4.90 Å². The molecule has 2 heterocycles. The zero-order chi connectivity index (χ0) is 22.6. The second-order valence-corrected chi connectivity index (χ2v) is 8.41. The number of amides is 1. The van der Waals surface area contributed by atoms with Crippen LogP contribution in [0.4, 0.5) is 18.9 Å². The van der Waals surface area contributed by atoms with E-state index in [0.29, 0.717) is 25.4 Å². The molecule has 2 fully saturated rings. The van der Waals surface area contributed by atoms with Gasteiger partial charge in [-0.05, 0) is 49.1 Å². The number of ether oxygens (including phenoxy) is 2. The number of nitrogens with one attached hydrogen (secondary N) is 1. The summed E-state index contributed by atoms with van der Waals surface area (Å²) in [4.78, 5) is 14.5. The van der Waals surface area contributed by atoms with Crippen LogP contribution < -0.4 is 5.32 Å². The number of alkyl halides is 3. The van der Waals surface area contributed by atoms with Crippen LogP contribution in [-0.2, 0) is 27.1 Å². The Morgan fingerprint density at radius 3 is 2.53 bits per heavy atom. The highest BCUT2D eigenvalue weighted by atomic mass is 19.4. The largest absolute Gasteiger partial charge is 0.416 e. The molecule has 0 bridgehead atoms. The molecule has 0 unspecified atom stereocenters. The SMILES string of the molecule is O=C(CN1CC[C@@]2(CCCO2)[C@H](OCc2ccccc2)C1)Nc1ccc(C(F)(F)F)cc1. The summed E-state index contributed by atoms with van der Waals surface area (Å²) < 4.78 is 50.5. The molecular weight excluding hydrogens is 421 g/mol. The summed E-state index contributed by atoms with van der Waals surface area (Å²) in [7, 11) is 0. The Bertz CT molecular complexity index is 897. The molecule has 2 aromatic carbocycles. The van der Waals surface area contributed by atoms with Crippen molar-refractivity contribution in [1.29, 1.82) is 0 Å². The number of nitrogens with zero attached hydrogens (tertiary/aromatic N) is 1. The maximum Gasteiger partial charge on any atom is 0.416 e. The minimum atomic E-state index is -4.40. The molecule has 2 aromatic rings. The Morgan fingerprint density at radius 1 is 1.12 bits per heavy atom. The third-order valence-electron chi connectivity index (χ3n) is 6.15. The third-order valence-corrected chi connectivity index (χ3v) is 6.15. The van der Waals surface area contributed by atoms with Gasteiger partial charge in [-0.3, -0.25) is 9.69 Å². The molecule has 2 aliphatic heterocycles. The van der Waals surface area contributed by atoms with Crippen molar-refractivity contribution in [3.63, 3.8) is 0 Å². The summed E-state index contributed by atoms with van der Waals surface area (Å²) >= 11 is 0. The summed E-state index contributed by atoms with van der Waals surface area (Å²) in [5.41, 5.74) is 0.368. The normalized spacial score (nSPS) is 24.0. The molecule has 4 rings (SSSR count). The monoisotopic (exact) mass is 448 g/mol. The molecule has 2 atom stereocenters. The van der Waals surface area contributed by atoms with Crippen molar-refractivity contribution in [3.8, 4) is 0 Å². The van der Waals surface area contributed by atoms with Gasteiger partial charge < -0.3 is 14.8 Å². The van der Waals surface area contributed by atoms with Crippen molar-refractivity contribution in [2.45, 2.75) is 43.8 Å². The first-order valence-electron chi connectivity index (χ1n) is 10.8. The van der Waals surface area contributed by atoms with Gasteiger partial charge in [0.2, 0.25) is 5.91 Å². The van der Waals surface area contributed by atoms with Gasteiger partial charge in [0.25, 0.3) is 0 Å². The van der Waals surface area contributed by atoms with E-state index >= 15 is 0 Å². The molecule has 1 N–H and O–H groups in total. The Kier molecular flexibility index (Phi) is 6.83. The molecule has 5 nitrogen and oxygen atoms in total. The summed E-state index contributed by atoms with van der Waals surface area (Å²) in [5, 5.41) is 2.68. The summed E-state index contributed by atoms with van der Waals surface area (Å²) in [6.45, 7) is 2.60. The van der Waals surface area contributed by atoms with Crippen LogP contribution in [0.1, 0.15) is 30.4 Å². The van der Waals surface area contributed by atoms with Crippen LogP contribution in [0.25, 0.3) is 0 Å². The molecule has 0 saturated carbocycles. The maximum absolute atomic E-state index is 12.7. The summed E-state index contributed by atoms with van der Waals surface area (Å²) in [6, 6.07) is 14.4. The van der Waals surface area contributed by atoms with Gasteiger partial charge in [-0.1, -0.05) is 30.3 Å². The van der Waals surface area contributed by atoms with E-state index in [1.165, 1.54) is 12.1 Å². The highest BCUT2D eigenvalue weighted by molar-refractivity contribution is 5.92. The van der Waals surface area contributed by atoms with Crippen LogP contribution in [0.15, 0.2) is 54.6 Å². The molecule has 0 radical (unpaired) electrons. The average molecular weight is 448 g/mol. The van der Waals surface area contributed by atoms with Crippen LogP contribution in [-0.4, -0.2) is 48.8 Å². The quantitative estimate of drug-likeness (QED) is 0.708. The lowest BCUT2D eigenvalue weighted by atomic mass is 9.85. The molecule has 8 heteroatoms. The van der Waals surface area contributed by atoms with Gasteiger partial charge in [0.05, 0.1) is 30.4 Å². The lowest BCUT2D eigenvalue weighted by molar-refractivity contribution is -0.159. The summed E-state index contributed by atoms with van der Waals surface area (Å²) in [5.74, 6) is -0.269. The molecule has 1 spiro atoms. The molecule has 0 aliphatic carbocycles. The number of hydrogen-bond acceptors (Lipinski definition) is 4. The molecular formula is C24H27F3N2O3. The van der Waals surface area contributed by atoms with Gasteiger partial charge in [-0.15, -0.1) is 0 Å². The van der Waals surface area contributed by atoms with Gasteiger partial charge in [0.15, 0.2) is 0 Å². The fourth-order valence-corrected chi connectivity index (χ4v) is 4.44. The van der Waals surface area contributed by atoms with Crippen LogP contribution in [0.3, 0.4) is 0 Å². The molecule has 172 valence electrons. The van der Waals surface area contributed by atoms with Gasteiger partial charge in [-0.25, -0.2) is 0 Å². The average Bonchev–Trinajstić information content (AvgIpc) is 3.24. The number of hydrogen-bond donors (Lipinski definition) is 1. The fraction of sp³-hybridized carbons (Fsp3) is 0.458. The van der Waals surface area contributed by atoms with E-state index in [9.17, 15) is 18.0 Å². The van der Waals surface area contributed by atoms with Gasteiger partial charge in [0.1, 0.15) is 0 Å². The van der Waals surface area contributed by atoms with Crippen LogP contribution >= 0.6 is 0 Å². The van der Waals surface area contributed by atoms with E-state index in [-0.39, 0.29) is 24.2 Å². The number of piperidine rings is 1. The number of benzene rings is 2. The molecule has 32 heavy (non-hydrogen) atoms. The van der Waals surface area contributed by atoms with Crippen molar-refractivity contribution in [2.75, 3.05) is 31.6 Å². The number of carbonyl (C=O) groups excluding carboxylic acids is 1. The molecule has 2 saturated heterocycles. The van der Waals surface area contributed by atoms with Gasteiger partial charge in [0, 0.05) is 25.4 Å². The van der Waals surface area contributed by atoms with E-state index in [4.69, 9.17) is 9.47 Å². The van der Waals surface area contributed by atoms with Crippen LogP contribution in [0.2, 0.25) is 0 Å². The fourth-order valence-electron chi connectivity index (χ4n) is 4.44. The predicted molar refractivity (Wildman–Crippen MR) is 114 cm³/mol. The number of halogens is 3. The summed E-state index contributed by atoms with van der Waals surface area (Å²) in [6.07, 6.45) is -1.83. The van der Waals surface area contributed by atoms with E-state index in [2.05, 4.69) is 5.32 Å². The van der Waals surface area contributed by atoms with E-state index in [0.717, 1.165) is 43.6 Å². The highest BCUT2D eigenvalue weighted by Gasteiger charge is 2.47. The first-order valence-corrected chi connectivity index (χ1v) is 10.8. The second kappa shape index (κ2) is 9.60. The van der Waals surface area contributed by atoms with Crippen LogP contribution in [0.5, 0.6) is 0 Å². The van der Waals surface area contributed by atoms with E-state index in [1.54, 1.807) is 0 Å². The van der Waals surface area contributed by atoms with Crippen molar-refractivity contribution in [2.24, 2.45) is 0 Å². The predicted octanol–water partition coefficient (Wildman–Crippen LogP) is 4.48. The van der Waals surface area contributed by atoms with Crippen molar-refractivity contribution in [3.05, 3.63) is 65.7 Å². The smallest absolute Gasteiger partial charge is 0.372 e. The number of likely N-dealkylation sites (tertiary alicyclic amines) is 1. The zero-order valence-electron chi connectivity index (χ0n) is 17.7. The Balaban J connectivity index is 1.35. The minimum Gasteiger partial charge on any atom is -0.372 e. The van der Waals surface area contributed by atoms with Gasteiger partial charge in [-0.2, -0.15) is 13.2 Å². The maximum atomic E-state index is 12.7. The Labute approximate surface area is 185 Å². The van der Waals surface area contributed by atoms with Crippen LogP contribution in [0, 0.1) is 0 Å². The highest BCUT2D eigenvalue weighted by Crippen LogP contribution is 2.38. The number of carbonyl (C=O) groups is 1. The molecule has 2 aliphatic rings. The van der Waals surface area contributed by atoms with E-state index in [1.807, 2.05) is 35.2 Å². The first-order chi connectivity index (χ1) is 15.3. The second-order valence-electron chi connectivity index (χ2n) is 8.41. The first kappa shape index (κ1) is 22.8. The minimum absolute atomic E-state index is 0.141. The standard InChI is InChI=1S/C24H27F3N2O3/c25-24(26,27)19-7-9-20(10-8-19)28-22(30)16-29-13-12-23(11-4-14-32-23)21(15-29)31-17-18-5-2-1-3-6-18/h1-3,5-10,21H,4,11-17H2,(H,28,30)/t21-,23+/m1/s1. The molecule has 1 amide bonds. The lowest BCUT2D eigenvalue weighted by Gasteiger charge is -2.44.